The molecule has 0 saturated heterocycles. The van der Waals surface area contributed by atoms with Crippen molar-refractivity contribution in [2.45, 2.75) is 261 Å². The number of carbonyl (C=O) groups is 1. The number of aliphatic hydroxyl groups excluding tert-OH is 7. The van der Waals surface area contributed by atoms with Crippen molar-refractivity contribution >= 4 is 13.7 Å². The van der Waals surface area contributed by atoms with Gasteiger partial charge in [-0.05, 0) is 25.7 Å². The molecule has 1 rings (SSSR count). The standard InChI is InChI=1S/C47H90NO12P/c1-3-5-7-9-11-13-15-16-17-18-19-20-21-22-23-25-27-29-31-33-35-40(50)39(37-59-61(57,58)60-47-45(55)43(53)42(52)44(54)46(47)56)48-41(51)36-38(49)34-32-30-28-26-24-14-12-10-8-6-4-2/h26,28,32,34,38-40,42-47,49-50,52-56H,3-25,27,29-31,33,35-37H2,1-2H3,(H,48,51)(H,57,58)/b28-26-,34-32-. The number of aliphatic hydroxyl groups is 7. The van der Waals surface area contributed by atoms with Crippen LogP contribution >= 0.6 is 7.82 Å². The van der Waals surface area contributed by atoms with Crippen LogP contribution in [0.2, 0.25) is 0 Å². The van der Waals surface area contributed by atoms with Gasteiger partial charge >= 0.3 is 7.82 Å². The highest BCUT2D eigenvalue weighted by molar-refractivity contribution is 7.47. The van der Waals surface area contributed by atoms with E-state index in [2.05, 4.69) is 25.2 Å². The number of allylic oxidation sites excluding steroid dienone is 3. The molecule has 0 radical (unpaired) electrons. The summed E-state index contributed by atoms with van der Waals surface area (Å²) in [5.41, 5.74) is 0. The molecule has 0 aromatic heterocycles. The maximum absolute atomic E-state index is 13.0. The lowest BCUT2D eigenvalue weighted by atomic mass is 9.85. The van der Waals surface area contributed by atoms with Crippen molar-refractivity contribution in [1.82, 2.24) is 5.32 Å². The normalized spacial score (nSPS) is 23.4. The van der Waals surface area contributed by atoms with Crippen molar-refractivity contribution in [1.29, 1.82) is 0 Å². The highest BCUT2D eigenvalue weighted by atomic mass is 31.2. The minimum Gasteiger partial charge on any atom is -0.391 e. The van der Waals surface area contributed by atoms with Gasteiger partial charge in [-0.2, -0.15) is 0 Å². The monoisotopic (exact) mass is 892 g/mol. The smallest absolute Gasteiger partial charge is 0.391 e. The van der Waals surface area contributed by atoms with E-state index < -0.39 is 75.2 Å². The van der Waals surface area contributed by atoms with E-state index in [4.69, 9.17) is 9.05 Å². The summed E-state index contributed by atoms with van der Waals surface area (Å²) < 4.78 is 22.9. The van der Waals surface area contributed by atoms with Crippen LogP contribution in [0.3, 0.4) is 0 Å². The van der Waals surface area contributed by atoms with Gasteiger partial charge in [0.25, 0.3) is 0 Å². The van der Waals surface area contributed by atoms with Gasteiger partial charge in [0.05, 0.1) is 31.3 Å². The summed E-state index contributed by atoms with van der Waals surface area (Å²) >= 11 is 0. The third kappa shape index (κ3) is 29.0. The Labute approximate surface area is 369 Å². The predicted octanol–water partition coefficient (Wildman–Crippen LogP) is 8.37. The molecule has 61 heavy (non-hydrogen) atoms. The second-order valence-corrected chi connectivity index (χ2v) is 18.9. The maximum atomic E-state index is 13.0. The minimum atomic E-state index is -5.13. The molecule has 0 aromatic rings. The fraction of sp³-hybridized carbons (Fsp3) is 0.894. The average molecular weight is 892 g/mol. The maximum Gasteiger partial charge on any atom is 0.472 e. The molecular weight excluding hydrogens is 801 g/mol. The van der Waals surface area contributed by atoms with Gasteiger partial charge in [-0.3, -0.25) is 13.8 Å². The zero-order valence-electron chi connectivity index (χ0n) is 38.1. The number of phosphoric ester groups is 1. The van der Waals surface area contributed by atoms with Gasteiger partial charge < -0.3 is 46.0 Å². The number of hydrogen-bond acceptors (Lipinski definition) is 11. The van der Waals surface area contributed by atoms with Crippen molar-refractivity contribution in [2.75, 3.05) is 6.61 Å². The number of unbranched alkanes of at least 4 members (excludes halogenated alkanes) is 25. The number of amides is 1. The Bertz CT molecular complexity index is 1140. The Morgan fingerprint density at radius 1 is 0.590 bits per heavy atom. The van der Waals surface area contributed by atoms with Crippen molar-refractivity contribution in [3.05, 3.63) is 24.3 Å². The summed E-state index contributed by atoms with van der Waals surface area (Å²) in [6, 6.07) is -1.18. The lowest BCUT2D eigenvalue weighted by Gasteiger charge is -2.41. The summed E-state index contributed by atoms with van der Waals surface area (Å²) in [4.78, 5) is 23.4. The number of phosphoric acid groups is 1. The summed E-state index contributed by atoms with van der Waals surface area (Å²) in [5, 5.41) is 74.5. The Morgan fingerprint density at radius 2 is 1.00 bits per heavy atom. The SMILES string of the molecule is CCCCCCCC/C=C\C/C=C\C(O)CC(=O)NC(COP(=O)(O)OC1C(O)C(O)C(O)C(O)C1O)C(O)CCCCCCCCCCCCCCCCCCCCCC. The van der Waals surface area contributed by atoms with E-state index in [1.54, 1.807) is 6.08 Å². The zero-order chi connectivity index (χ0) is 45.1. The highest BCUT2D eigenvalue weighted by Crippen LogP contribution is 2.47. The second-order valence-electron chi connectivity index (χ2n) is 17.5. The molecule has 8 unspecified atom stereocenters. The van der Waals surface area contributed by atoms with E-state index in [0.717, 1.165) is 38.5 Å². The Hall–Kier alpha value is -1.22. The van der Waals surface area contributed by atoms with Crippen LogP contribution in [0.15, 0.2) is 24.3 Å². The number of rotatable bonds is 40. The summed E-state index contributed by atoms with van der Waals surface area (Å²) in [7, 11) is -5.13. The molecule has 9 N–H and O–H groups in total. The molecular formula is C47H90NO12P. The second kappa shape index (κ2) is 37.0. The van der Waals surface area contributed by atoms with Crippen LogP contribution in [0.25, 0.3) is 0 Å². The van der Waals surface area contributed by atoms with Crippen LogP contribution in [-0.4, -0.2) is 108 Å². The molecule has 1 aliphatic rings. The fourth-order valence-electron chi connectivity index (χ4n) is 7.83. The third-order valence-electron chi connectivity index (χ3n) is 11.8. The quantitative estimate of drug-likeness (QED) is 0.0161. The highest BCUT2D eigenvalue weighted by Gasteiger charge is 2.51. The largest absolute Gasteiger partial charge is 0.472 e. The first kappa shape index (κ1) is 57.8. The van der Waals surface area contributed by atoms with Gasteiger partial charge in [0.2, 0.25) is 5.91 Å². The first-order valence-electron chi connectivity index (χ1n) is 24.4. The molecule has 0 bridgehead atoms. The van der Waals surface area contributed by atoms with Crippen LogP contribution in [0.5, 0.6) is 0 Å². The average Bonchev–Trinajstić information content (AvgIpc) is 3.23. The van der Waals surface area contributed by atoms with Gasteiger partial charge in [-0.25, -0.2) is 4.57 Å². The van der Waals surface area contributed by atoms with E-state index >= 15 is 0 Å². The molecule has 0 aliphatic heterocycles. The Morgan fingerprint density at radius 3 is 1.46 bits per heavy atom. The van der Waals surface area contributed by atoms with Crippen LogP contribution in [-0.2, 0) is 18.4 Å². The predicted molar refractivity (Wildman–Crippen MR) is 243 cm³/mol. The molecule has 14 heteroatoms. The van der Waals surface area contributed by atoms with Gasteiger partial charge in [0, 0.05) is 0 Å². The van der Waals surface area contributed by atoms with E-state index in [-0.39, 0.29) is 12.8 Å². The first-order chi connectivity index (χ1) is 29.3. The van der Waals surface area contributed by atoms with Crippen LogP contribution in [0.4, 0.5) is 0 Å². The van der Waals surface area contributed by atoms with E-state index in [1.165, 1.54) is 134 Å². The van der Waals surface area contributed by atoms with Gasteiger partial charge in [0.15, 0.2) is 0 Å². The van der Waals surface area contributed by atoms with Crippen LogP contribution in [0.1, 0.15) is 206 Å². The molecule has 1 saturated carbocycles. The van der Waals surface area contributed by atoms with Gasteiger partial charge in [0.1, 0.15) is 36.6 Å². The third-order valence-corrected chi connectivity index (χ3v) is 12.8. The summed E-state index contributed by atoms with van der Waals surface area (Å²) in [6.07, 6.45) is 26.9. The Kier molecular flexibility index (Phi) is 35.1. The number of carbonyl (C=O) groups excluding carboxylic acids is 1. The first-order valence-corrected chi connectivity index (χ1v) is 25.9. The lowest BCUT2D eigenvalue weighted by Crippen LogP contribution is -2.64. The molecule has 13 nitrogen and oxygen atoms in total. The molecule has 1 aliphatic carbocycles. The molecule has 1 amide bonds. The zero-order valence-corrected chi connectivity index (χ0v) is 39.0. The van der Waals surface area contributed by atoms with E-state index in [9.17, 15) is 50.0 Å². The Balaban J connectivity index is 2.50. The van der Waals surface area contributed by atoms with Gasteiger partial charge in [-0.15, -0.1) is 0 Å². The van der Waals surface area contributed by atoms with Crippen molar-refractivity contribution in [3.63, 3.8) is 0 Å². The van der Waals surface area contributed by atoms with Crippen molar-refractivity contribution in [2.24, 2.45) is 0 Å². The fourth-order valence-corrected chi connectivity index (χ4v) is 8.80. The summed E-state index contributed by atoms with van der Waals surface area (Å²) in [6.45, 7) is 3.75. The van der Waals surface area contributed by atoms with Gasteiger partial charge in [-0.1, -0.05) is 199 Å². The van der Waals surface area contributed by atoms with Crippen LogP contribution < -0.4 is 5.32 Å². The summed E-state index contributed by atoms with van der Waals surface area (Å²) in [5.74, 6) is -0.626. The molecule has 0 heterocycles. The van der Waals surface area contributed by atoms with Crippen molar-refractivity contribution < 1.29 is 59.0 Å². The molecule has 360 valence electrons. The minimum absolute atomic E-state index is 0.258. The van der Waals surface area contributed by atoms with E-state index in [0.29, 0.717) is 12.8 Å². The molecule has 0 spiro atoms. The topological polar surface area (TPSA) is 226 Å². The van der Waals surface area contributed by atoms with Crippen molar-refractivity contribution in [3.8, 4) is 0 Å². The van der Waals surface area contributed by atoms with Crippen LogP contribution in [0, 0.1) is 0 Å². The van der Waals surface area contributed by atoms with E-state index in [1.807, 2.05) is 6.08 Å². The molecule has 0 aromatic carbocycles. The number of nitrogens with one attached hydrogen (secondary N) is 1. The number of hydrogen-bond donors (Lipinski definition) is 9. The molecule has 1 fully saturated rings. The lowest BCUT2D eigenvalue weighted by molar-refractivity contribution is -0.220. The molecule has 8 atom stereocenters.